The van der Waals surface area contributed by atoms with E-state index in [1.165, 1.54) is 0 Å². The Morgan fingerprint density at radius 2 is 1.50 bits per heavy atom. The zero-order valence-electron chi connectivity index (χ0n) is 8.03. The summed E-state index contributed by atoms with van der Waals surface area (Å²) in [6.45, 7) is -0.675. The molecule has 0 saturated carbocycles. The van der Waals surface area contributed by atoms with Gasteiger partial charge in [-0.05, 0) is 12.8 Å². The molecule has 0 atom stereocenters. The Hall–Kier alpha value is -0.970. The van der Waals surface area contributed by atoms with Crippen molar-refractivity contribution in [3.8, 4) is 6.07 Å². The van der Waals surface area contributed by atoms with E-state index in [4.69, 9.17) is 5.26 Å². The summed E-state index contributed by atoms with van der Waals surface area (Å²) in [4.78, 5) is 0. The monoisotopic (exact) mass is 249 g/mol. The van der Waals surface area contributed by atoms with Crippen LogP contribution in [0.4, 0.5) is 26.3 Å². The first-order valence-electron chi connectivity index (χ1n) is 4.31. The molecule has 94 valence electrons. The van der Waals surface area contributed by atoms with E-state index in [2.05, 4.69) is 4.74 Å². The minimum Gasteiger partial charge on any atom is -0.361 e. The summed E-state index contributed by atoms with van der Waals surface area (Å²) in [5.74, 6) is 0. The lowest BCUT2D eigenvalue weighted by molar-refractivity contribution is -0.321. The van der Waals surface area contributed by atoms with E-state index < -0.39 is 25.1 Å². The Kier molecular flexibility index (Phi) is 5.58. The van der Waals surface area contributed by atoms with Crippen LogP contribution in [0.3, 0.4) is 0 Å². The van der Waals surface area contributed by atoms with Crippen LogP contribution in [-0.4, -0.2) is 25.1 Å². The fourth-order valence-electron chi connectivity index (χ4n) is 0.882. The molecule has 8 heteroatoms. The molecule has 0 fully saturated rings. The van der Waals surface area contributed by atoms with Gasteiger partial charge in [0.05, 0.1) is 6.07 Å². The molecule has 16 heavy (non-hydrogen) atoms. The third-order valence-electron chi connectivity index (χ3n) is 1.56. The van der Waals surface area contributed by atoms with Gasteiger partial charge >= 0.3 is 12.4 Å². The summed E-state index contributed by atoms with van der Waals surface area (Å²) >= 11 is 0. The summed E-state index contributed by atoms with van der Waals surface area (Å²) < 4.78 is 75.1. The molecule has 0 aliphatic heterocycles. The highest BCUT2D eigenvalue weighted by molar-refractivity contribution is 4.76. The van der Waals surface area contributed by atoms with Gasteiger partial charge in [0.25, 0.3) is 0 Å². The zero-order chi connectivity index (χ0) is 12.8. The van der Waals surface area contributed by atoms with Crippen LogP contribution in [0.15, 0.2) is 0 Å². The minimum absolute atomic E-state index is 0.0176. The van der Waals surface area contributed by atoms with Crippen molar-refractivity contribution in [1.82, 2.24) is 0 Å². The number of halogens is 6. The number of nitriles is 1. The molecule has 0 aliphatic rings. The predicted molar refractivity (Wildman–Crippen MR) is 41.3 cm³/mol. The van der Waals surface area contributed by atoms with Crippen molar-refractivity contribution in [2.24, 2.45) is 0 Å². The summed E-state index contributed by atoms with van der Waals surface area (Å²) in [5, 5.41) is 8.08. The Morgan fingerprint density at radius 3 is 1.88 bits per heavy atom. The molecule has 0 aromatic rings. The molecule has 0 bridgehead atoms. The van der Waals surface area contributed by atoms with Crippen molar-refractivity contribution in [3.05, 3.63) is 0 Å². The third-order valence-corrected chi connectivity index (χ3v) is 1.56. The van der Waals surface area contributed by atoms with Crippen LogP contribution in [0.1, 0.15) is 19.3 Å². The van der Waals surface area contributed by atoms with Crippen LogP contribution in [0, 0.1) is 11.3 Å². The van der Waals surface area contributed by atoms with E-state index in [9.17, 15) is 26.3 Å². The minimum atomic E-state index is -5.46. The number of rotatable bonds is 5. The van der Waals surface area contributed by atoms with Gasteiger partial charge < -0.3 is 4.74 Å². The first-order chi connectivity index (χ1) is 7.19. The standard InChI is InChI=1S/C8H9F6NO/c9-7(10,11)6(8(12,13)14)16-5-3-1-2-4-15/h6H,1-3,5H2. The molecule has 0 aliphatic carbocycles. The normalized spacial score (nSPS) is 12.9. The Labute approximate surface area is 87.8 Å². The van der Waals surface area contributed by atoms with Crippen LogP contribution < -0.4 is 0 Å². The van der Waals surface area contributed by atoms with Crippen LogP contribution in [-0.2, 0) is 4.74 Å². The molecule has 0 rings (SSSR count). The van der Waals surface area contributed by atoms with Crippen molar-refractivity contribution >= 4 is 0 Å². The van der Waals surface area contributed by atoms with Gasteiger partial charge in [-0.15, -0.1) is 0 Å². The topological polar surface area (TPSA) is 33.0 Å². The quantitative estimate of drug-likeness (QED) is 0.553. The SMILES string of the molecule is N#CCCCCOC(C(F)(F)F)C(F)(F)F. The highest BCUT2D eigenvalue weighted by Crippen LogP contribution is 2.35. The van der Waals surface area contributed by atoms with Crippen molar-refractivity contribution in [3.63, 3.8) is 0 Å². The maximum absolute atomic E-state index is 11.9. The first-order valence-corrected chi connectivity index (χ1v) is 4.31. The molecule has 0 N–H and O–H groups in total. The predicted octanol–water partition coefficient (Wildman–Crippen LogP) is 3.19. The van der Waals surface area contributed by atoms with Gasteiger partial charge in [-0.3, -0.25) is 0 Å². The second-order valence-corrected chi connectivity index (χ2v) is 2.95. The Morgan fingerprint density at radius 1 is 1.00 bits per heavy atom. The molecule has 0 unspecified atom stereocenters. The summed E-state index contributed by atoms with van der Waals surface area (Å²) in [6, 6.07) is 1.72. The molecule has 0 radical (unpaired) electrons. The second kappa shape index (κ2) is 5.94. The smallest absolute Gasteiger partial charge is 0.361 e. The molecule has 2 nitrogen and oxygen atoms in total. The van der Waals surface area contributed by atoms with E-state index in [-0.39, 0.29) is 19.3 Å². The highest BCUT2D eigenvalue weighted by Gasteiger charge is 2.57. The molecule has 0 heterocycles. The molecular formula is C8H9F6NO. The maximum atomic E-state index is 11.9. The van der Waals surface area contributed by atoms with Crippen molar-refractivity contribution in [2.75, 3.05) is 6.61 Å². The van der Waals surface area contributed by atoms with Gasteiger partial charge in [0.15, 0.2) is 0 Å². The number of nitrogens with zero attached hydrogens (tertiary/aromatic N) is 1. The van der Waals surface area contributed by atoms with Gasteiger partial charge in [-0.2, -0.15) is 31.6 Å². The molecular weight excluding hydrogens is 240 g/mol. The molecule has 0 aromatic heterocycles. The van der Waals surface area contributed by atoms with Gasteiger partial charge in [0, 0.05) is 13.0 Å². The second-order valence-electron chi connectivity index (χ2n) is 2.95. The fraction of sp³-hybridized carbons (Fsp3) is 0.875. The third kappa shape index (κ3) is 5.80. The zero-order valence-corrected chi connectivity index (χ0v) is 8.03. The van der Waals surface area contributed by atoms with Crippen LogP contribution >= 0.6 is 0 Å². The lowest BCUT2D eigenvalue weighted by Crippen LogP contribution is -2.44. The number of hydrogen-bond donors (Lipinski definition) is 0. The molecule has 0 saturated heterocycles. The van der Waals surface area contributed by atoms with E-state index in [1.54, 1.807) is 6.07 Å². The summed E-state index contributed by atoms with van der Waals surface area (Å²) in [7, 11) is 0. The van der Waals surface area contributed by atoms with Crippen molar-refractivity contribution < 1.29 is 31.1 Å². The van der Waals surface area contributed by atoms with Crippen LogP contribution in [0.2, 0.25) is 0 Å². The van der Waals surface area contributed by atoms with E-state index in [0.717, 1.165) is 0 Å². The average Bonchev–Trinajstić information content (AvgIpc) is 2.06. The Bertz CT molecular complexity index is 226. The molecule has 0 spiro atoms. The average molecular weight is 249 g/mol. The van der Waals surface area contributed by atoms with Crippen molar-refractivity contribution in [1.29, 1.82) is 5.26 Å². The number of hydrogen-bond acceptors (Lipinski definition) is 2. The van der Waals surface area contributed by atoms with E-state index in [0.29, 0.717) is 0 Å². The van der Waals surface area contributed by atoms with E-state index in [1.807, 2.05) is 0 Å². The van der Waals surface area contributed by atoms with Crippen LogP contribution in [0.5, 0.6) is 0 Å². The molecule has 0 aromatic carbocycles. The number of ether oxygens (including phenoxy) is 1. The lowest BCUT2D eigenvalue weighted by Gasteiger charge is -2.22. The van der Waals surface area contributed by atoms with Gasteiger partial charge in [0.2, 0.25) is 6.10 Å². The fourth-order valence-corrected chi connectivity index (χ4v) is 0.882. The summed E-state index contributed by atoms with van der Waals surface area (Å²) in [6.07, 6.45) is -14.4. The number of unbranched alkanes of at least 4 members (excludes halogenated alkanes) is 2. The first kappa shape index (κ1) is 15.0. The van der Waals surface area contributed by atoms with Gasteiger partial charge in [-0.25, -0.2) is 0 Å². The van der Waals surface area contributed by atoms with Gasteiger partial charge in [0.1, 0.15) is 0 Å². The maximum Gasteiger partial charge on any atom is 0.423 e. The summed E-state index contributed by atoms with van der Waals surface area (Å²) in [5.41, 5.74) is 0. The van der Waals surface area contributed by atoms with E-state index >= 15 is 0 Å². The number of alkyl halides is 6. The van der Waals surface area contributed by atoms with Crippen molar-refractivity contribution in [2.45, 2.75) is 37.7 Å². The highest BCUT2D eigenvalue weighted by atomic mass is 19.4. The Balaban J connectivity index is 4.12. The largest absolute Gasteiger partial charge is 0.423 e. The lowest BCUT2D eigenvalue weighted by atomic mass is 10.2. The molecule has 0 amide bonds. The van der Waals surface area contributed by atoms with Crippen LogP contribution in [0.25, 0.3) is 0 Å². The van der Waals surface area contributed by atoms with Gasteiger partial charge in [-0.1, -0.05) is 0 Å².